The number of nitrogens with zero attached hydrogens (tertiary/aromatic N) is 1. The second kappa shape index (κ2) is 5.85. The predicted octanol–water partition coefficient (Wildman–Crippen LogP) is 1.50. The van der Waals surface area contributed by atoms with E-state index in [-0.39, 0.29) is 11.8 Å². The Bertz CT molecular complexity index is 528. The summed E-state index contributed by atoms with van der Waals surface area (Å²) in [5.41, 5.74) is 0.247. The molecule has 5 nitrogen and oxygen atoms in total. The van der Waals surface area contributed by atoms with Gasteiger partial charge in [-0.25, -0.2) is 0 Å². The van der Waals surface area contributed by atoms with Crippen molar-refractivity contribution in [3.05, 3.63) is 35.9 Å². The molecule has 2 rings (SSSR count). The van der Waals surface area contributed by atoms with Gasteiger partial charge < -0.3 is 15.0 Å². The topological polar surface area (TPSA) is 58.6 Å². The highest BCUT2D eigenvalue weighted by molar-refractivity contribution is 5.97. The van der Waals surface area contributed by atoms with E-state index >= 15 is 0 Å². The number of benzene rings is 1. The van der Waals surface area contributed by atoms with Gasteiger partial charge in [0, 0.05) is 7.11 Å². The number of rotatable bonds is 4. The van der Waals surface area contributed by atoms with Gasteiger partial charge in [0.15, 0.2) is 0 Å². The Kier molecular flexibility index (Phi) is 4.32. The number of carbonyl (C=O) groups is 2. The Labute approximate surface area is 125 Å². The lowest BCUT2D eigenvalue weighted by atomic mass is 9.94. The van der Waals surface area contributed by atoms with Gasteiger partial charge in [0.1, 0.15) is 12.1 Å². The fourth-order valence-corrected chi connectivity index (χ4v) is 2.89. The van der Waals surface area contributed by atoms with Crippen molar-refractivity contribution in [2.45, 2.75) is 38.4 Å². The molecular formula is C16H22N2O3. The highest BCUT2D eigenvalue weighted by atomic mass is 16.5. The minimum Gasteiger partial charge on any atom is -0.382 e. The van der Waals surface area contributed by atoms with Gasteiger partial charge >= 0.3 is 0 Å². The van der Waals surface area contributed by atoms with Crippen LogP contribution >= 0.6 is 0 Å². The number of piperazine rings is 1. The summed E-state index contributed by atoms with van der Waals surface area (Å²) in [5.74, 6) is -0.247. The molecule has 2 atom stereocenters. The van der Waals surface area contributed by atoms with Crippen LogP contribution < -0.4 is 5.32 Å². The van der Waals surface area contributed by atoms with Gasteiger partial charge in [-0.3, -0.25) is 9.59 Å². The zero-order valence-corrected chi connectivity index (χ0v) is 12.9. The van der Waals surface area contributed by atoms with E-state index in [4.69, 9.17) is 4.74 Å². The van der Waals surface area contributed by atoms with Crippen molar-refractivity contribution in [3.8, 4) is 0 Å². The van der Waals surface area contributed by atoms with Crippen LogP contribution in [0.4, 0.5) is 0 Å². The molecule has 1 heterocycles. The molecule has 0 spiro atoms. The standard InChI is InChI=1S/C16H22N2O3/c1-11-14(19)17-13(12-8-6-5-7-9-12)15(20)18(11)16(2,3)10-21-4/h5-9,11,13H,10H2,1-4H3,(H,17,19). The molecule has 0 bridgehead atoms. The fourth-order valence-electron chi connectivity index (χ4n) is 2.89. The summed E-state index contributed by atoms with van der Waals surface area (Å²) in [5, 5.41) is 2.81. The zero-order chi connectivity index (χ0) is 15.6. The van der Waals surface area contributed by atoms with Crippen LogP contribution in [0.3, 0.4) is 0 Å². The minimum atomic E-state index is -0.633. The molecule has 0 aromatic heterocycles. The fraction of sp³-hybridized carbons (Fsp3) is 0.500. The van der Waals surface area contributed by atoms with Crippen LogP contribution in [0.1, 0.15) is 32.4 Å². The lowest BCUT2D eigenvalue weighted by molar-refractivity contribution is -0.157. The van der Waals surface area contributed by atoms with Crippen molar-refractivity contribution in [1.29, 1.82) is 0 Å². The number of carbonyl (C=O) groups excluding carboxylic acids is 2. The number of amides is 2. The van der Waals surface area contributed by atoms with Crippen LogP contribution in [0.2, 0.25) is 0 Å². The SMILES string of the molecule is COCC(C)(C)N1C(=O)C(c2ccccc2)NC(=O)C1C. The summed E-state index contributed by atoms with van der Waals surface area (Å²) in [6.45, 7) is 5.93. The van der Waals surface area contributed by atoms with Crippen LogP contribution in [-0.2, 0) is 14.3 Å². The predicted molar refractivity (Wildman–Crippen MR) is 79.6 cm³/mol. The number of ether oxygens (including phenoxy) is 1. The van der Waals surface area contributed by atoms with Crippen molar-refractivity contribution in [2.24, 2.45) is 0 Å². The molecule has 1 aromatic carbocycles. The van der Waals surface area contributed by atoms with Gasteiger partial charge in [0.25, 0.3) is 5.91 Å². The second-order valence-corrected chi connectivity index (χ2v) is 5.98. The Morgan fingerprint density at radius 1 is 1.24 bits per heavy atom. The third-order valence-corrected chi connectivity index (χ3v) is 3.82. The first kappa shape index (κ1) is 15.5. The molecule has 1 aliphatic heterocycles. The number of methoxy groups -OCH3 is 1. The highest BCUT2D eigenvalue weighted by Crippen LogP contribution is 2.28. The van der Waals surface area contributed by atoms with E-state index in [0.29, 0.717) is 6.61 Å². The largest absolute Gasteiger partial charge is 0.382 e. The van der Waals surface area contributed by atoms with E-state index in [1.54, 1.807) is 18.9 Å². The van der Waals surface area contributed by atoms with Gasteiger partial charge in [-0.2, -0.15) is 0 Å². The molecule has 2 unspecified atom stereocenters. The molecular weight excluding hydrogens is 268 g/mol. The summed E-state index contributed by atoms with van der Waals surface area (Å²) in [6, 6.07) is 8.15. The molecule has 1 aliphatic rings. The van der Waals surface area contributed by atoms with Gasteiger partial charge in [-0.1, -0.05) is 30.3 Å². The van der Waals surface area contributed by atoms with E-state index < -0.39 is 17.6 Å². The van der Waals surface area contributed by atoms with Crippen LogP contribution in [0.5, 0.6) is 0 Å². The van der Waals surface area contributed by atoms with Crippen LogP contribution in [0.15, 0.2) is 30.3 Å². The van der Waals surface area contributed by atoms with Gasteiger partial charge in [-0.05, 0) is 26.3 Å². The summed E-state index contributed by atoms with van der Waals surface area (Å²) in [4.78, 5) is 26.7. The number of hydrogen-bond acceptors (Lipinski definition) is 3. The first-order valence-corrected chi connectivity index (χ1v) is 7.06. The smallest absolute Gasteiger partial charge is 0.251 e. The lowest BCUT2D eigenvalue weighted by Gasteiger charge is -2.46. The van der Waals surface area contributed by atoms with E-state index in [0.717, 1.165) is 5.56 Å². The van der Waals surface area contributed by atoms with Crippen molar-refractivity contribution < 1.29 is 14.3 Å². The van der Waals surface area contributed by atoms with E-state index in [9.17, 15) is 9.59 Å². The Balaban J connectivity index is 2.36. The highest BCUT2D eigenvalue weighted by Gasteiger charge is 2.45. The molecule has 1 N–H and O–H groups in total. The molecule has 0 saturated carbocycles. The maximum absolute atomic E-state index is 12.9. The molecule has 5 heteroatoms. The quantitative estimate of drug-likeness (QED) is 0.914. The Morgan fingerprint density at radius 2 is 1.86 bits per heavy atom. The summed E-state index contributed by atoms with van der Waals surface area (Å²) >= 11 is 0. The second-order valence-electron chi connectivity index (χ2n) is 5.98. The third-order valence-electron chi connectivity index (χ3n) is 3.82. The van der Waals surface area contributed by atoms with Gasteiger partial charge in [0.05, 0.1) is 12.1 Å². The normalized spacial score (nSPS) is 23.1. The van der Waals surface area contributed by atoms with E-state index in [1.807, 2.05) is 44.2 Å². The molecule has 2 amide bonds. The molecule has 1 aromatic rings. The van der Waals surface area contributed by atoms with Gasteiger partial charge in [-0.15, -0.1) is 0 Å². The monoisotopic (exact) mass is 290 g/mol. The Morgan fingerprint density at radius 3 is 2.43 bits per heavy atom. The molecule has 1 fully saturated rings. The lowest BCUT2D eigenvalue weighted by Crippen LogP contribution is -2.65. The number of nitrogens with one attached hydrogen (secondary N) is 1. The van der Waals surface area contributed by atoms with Crippen LogP contribution in [0.25, 0.3) is 0 Å². The first-order valence-electron chi connectivity index (χ1n) is 7.06. The summed E-state index contributed by atoms with van der Waals surface area (Å²) in [6.07, 6.45) is 0. The van der Waals surface area contributed by atoms with Crippen LogP contribution in [0, 0.1) is 0 Å². The number of hydrogen-bond donors (Lipinski definition) is 1. The Hall–Kier alpha value is -1.88. The van der Waals surface area contributed by atoms with Crippen molar-refractivity contribution in [3.63, 3.8) is 0 Å². The molecule has 0 aliphatic carbocycles. The summed E-state index contributed by atoms with van der Waals surface area (Å²) < 4.78 is 5.21. The minimum absolute atomic E-state index is 0.102. The van der Waals surface area contributed by atoms with E-state index in [2.05, 4.69) is 5.32 Å². The third kappa shape index (κ3) is 2.93. The molecule has 114 valence electrons. The maximum Gasteiger partial charge on any atom is 0.251 e. The maximum atomic E-state index is 12.9. The molecule has 0 radical (unpaired) electrons. The molecule has 1 saturated heterocycles. The average Bonchev–Trinajstić information content (AvgIpc) is 2.43. The van der Waals surface area contributed by atoms with Crippen molar-refractivity contribution in [2.75, 3.05) is 13.7 Å². The van der Waals surface area contributed by atoms with E-state index in [1.165, 1.54) is 0 Å². The first-order chi connectivity index (χ1) is 9.88. The van der Waals surface area contributed by atoms with Crippen molar-refractivity contribution in [1.82, 2.24) is 10.2 Å². The van der Waals surface area contributed by atoms with Crippen molar-refractivity contribution >= 4 is 11.8 Å². The van der Waals surface area contributed by atoms with Crippen LogP contribution in [-0.4, -0.2) is 42.0 Å². The van der Waals surface area contributed by atoms with Gasteiger partial charge in [0.2, 0.25) is 5.91 Å². The zero-order valence-electron chi connectivity index (χ0n) is 12.9. The average molecular weight is 290 g/mol. The summed E-state index contributed by atoms with van der Waals surface area (Å²) in [7, 11) is 1.59. The molecule has 21 heavy (non-hydrogen) atoms.